The third-order valence-corrected chi connectivity index (χ3v) is 2.28. The Hall–Kier alpha value is 0.0169. The lowest BCUT2D eigenvalue weighted by Gasteiger charge is -2.25. The van der Waals surface area contributed by atoms with Crippen molar-refractivity contribution in [3.63, 3.8) is 0 Å². The lowest BCUT2D eigenvalue weighted by molar-refractivity contribution is 0.117. The summed E-state index contributed by atoms with van der Waals surface area (Å²) in [6.07, 6.45) is 7.06. The van der Waals surface area contributed by atoms with Crippen LogP contribution in [0.2, 0.25) is 0 Å². The molecular weight excluding hydrogens is 214 g/mol. The second-order valence-electron chi connectivity index (χ2n) is 3.86. The van der Waals surface area contributed by atoms with Crippen molar-refractivity contribution in [2.24, 2.45) is 0 Å². The Morgan fingerprint density at radius 3 is 1.87 bits per heavy atom. The highest BCUT2D eigenvalue weighted by Gasteiger charge is 2.22. The molecule has 1 aliphatic heterocycles. The predicted molar refractivity (Wildman–Crippen MR) is 59.8 cm³/mol. The lowest BCUT2D eigenvalue weighted by Crippen LogP contribution is -2.33. The van der Waals surface area contributed by atoms with E-state index in [1.807, 2.05) is 0 Å². The van der Waals surface area contributed by atoms with E-state index in [0.29, 0.717) is 0 Å². The third-order valence-electron chi connectivity index (χ3n) is 2.28. The topological polar surface area (TPSA) is 84.2 Å². The van der Waals surface area contributed by atoms with Gasteiger partial charge in [-0.2, -0.15) is 0 Å². The molecule has 0 amide bonds. The molecule has 1 saturated heterocycles. The van der Waals surface area contributed by atoms with Crippen molar-refractivity contribution < 1.29 is 19.2 Å². The van der Waals surface area contributed by atoms with Gasteiger partial charge in [0, 0.05) is 0 Å². The summed E-state index contributed by atoms with van der Waals surface area (Å²) in [5, 5.41) is 0. The Labute approximate surface area is 92.5 Å². The summed E-state index contributed by atoms with van der Waals surface area (Å²) in [6.45, 7) is 6.33. The molecule has 0 bridgehead atoms. The number of rotatable bonds is 3. The summed E-state index contributed by atoms with van der Waals surface area (Å²) in [5.41, 5.74) is 0. The minimum atomic E-state index is -4.61. The quantitative estimate of drug-likeness (QED) is 0.505. The van der Waals surface area contributed by atoms with Gasteiger partial charge in [0.15, 0.2) is 0 Å². The summed E-state index contributed by atoms with van der Waals surface area (Å²) >= 11 is 0. The number of hydrogen-bond donors (Lipinski definition) is 4. The average Bonchev–Trinajstić information content (AvgIpc) is 2.14. The summed E-state index contributed by atoms with van der Waals surface area (Å²) in [6, 6.07) is 0. The fraction of sp³-hybridized carbons (Fsp3) is 1.00. The van der Waals surface area contributed by atoms with Gasteiger partial charge in [0.1, 0.15) is 0 Å². The Morgan fingerprint density at radius 1 is 1.00 bits per heavy atom. The van der Waals surface area contributed by atoms with E-state index in [9.17, 15) is 0 Å². The molecule has 0 saturated carbocycles. The van der Waals surface area contributed by atoms with Crippen LogP contribution in [-0.4, -0.2) is 52.8 Å². The first-order valence-corrected chi connectivity index (χ1v) is 7.34. The van der Waals surface area contributed by atoms with E-state index >= 15 is 0 Å². The van der Waals surface area contributed by atoms with Gasteiger partial charge in [-0.25, -0.2) is 0 Å². The van der Waals surface area contributed by atoms with Crippen molar-refractivity contribution in [3.05, 3.63) is 0 Å². The van der Waals surface area contributed by atoms with E-state index in [-0.39, 0.29) is 0 Å². The molecule has 0 aromatic carbocycles. The maximum Gasteiger partial charge on any atom is 0.668 e. The molecule has 92 valence electrons. The molecule has 5 nitrogen and oxygen atoms in total. The molecule has 0 aliphatic carbocycles. The second-order valence-corrected chi connectivity index (χ2v) is 5.06. The zero-order valence-electron chi connectivity index (χ0n) is 9.39. The average molecular weight is 237 g/mol. The van der Waals surface area contributed by atoms with Crippen molar-refractivity contribution in [1.82, 2.24) is 4.90 Å². The molecule has 0 radical (unpaired) electrons. The molecule has 1 aliphatic rings. The van der Waals surface area contributed by atoms with Gasteiger partial charge in [-0.05, 0) is 38.9 Å². The van der Waals surface area contributed by atoms with Crippen molar-refractivity contribution in [2.45, 2.75) is 39.0 Å². The minimum Gasteiger partial charge on any atom is -0.368 e. The minimum absolute atomic E-state index is 1.34. The lowest BCUT2D eigenvalue weighted by atomic mass is 10.1. The molecule has 15 heavy (non-hydrogen) atoms. The summed E-state index contributed by atoms with van der Waals surface area (Å²) in [7, 11) is -4.61. The molecule has 0 aromatic heterocycles. The van der Waals surface area contributed by atoms with Gasteiger partial charge in [-0.1, -0.05) is 19.8 Å². The maximum atomic E-state index is 7.33. The maximum absolute atomic E-state index is 7.33. The Kier molecular flexibility index (Phi) is 8.21. The standard InChI is InChI=1S/C9H19N.H4O4Si/c1-2-3-7-10-8-5-4-6-9-10;1-5(2,3)4/h2-9H2,1H3;1-4H. The van der Waals surface area contributed by atoms with Crippen LogP contribution in [-0.2, 0) is 0 Å². The fourth-order valence-corrected chi connectivity index (χ4v) is 1.56. The van der Waals surface area contributed by atoms with Gasteiger partial charge in [0.2, 0.25) is 0 Å². The smallest absolute Gasteiger partial charge is 0.368 e. The van der Waals surface area contributed by atoms with E-state index in [1.165, 1.54) is 51.7 Å². The van der Waals surface area contributed by atoms with Crippen molar-refractivity contribution >= 4 is 9.05 Å². The SMILES string of the molecule is CCCCN1CCCCC1.O[Si](O)(O)O. The van der Waals surface area contributed by atoms with Crippen LogP contribution < -0.4 is 0 Å². The van der Waals surface area contributed by atoms with Gasteiger partial charge in [-0.15, -0.1) is 0 Å². The van der Waals surface area contributed by atoms with Gasteiger partial charge >= 0.3 is 9.05 Å². The van der Waals surface area contributed by atoms with Crippen molar-refractivity contribution in [3.8, 4) is 0 Å². The monoisotopic (exact) mass is 237 g/mol. The Morgan fingerprint density at radius 2 is 1.47 bits per heavy atom. The molecular formula is C9H23NO4Si. The number of likely N-dealkylation sites (tertiary alicyclic amines) is 1. The predicted octanol–water partition coefficient (Wildman–Crippen LogP) is -0.336. The summed E-state index contributed by atoms with van der Waals surface area (Å²) < 4.78 is 0. The van der Waals surface area contributed by atoms with Gasteiger partial charge in [0.25, 0.3) is 0 Å². The highest BCUT2D eigenvalue weighted by Crippen LogP contribution is 2.08. The van der Waals surface area contributed by atoms with Crippen LogP contribution in [0.1, 0.15) is 39.0 Å². The van der Waals surface area contributed by atoms with Crippen LogP contribution in [0, 0.1) is 0 Å². The van der Waals surface area contributed by atoms with Crippen LogP contribution in [0.15, 0.2) is 0 Å². The molecule has 0 atom stereocenters. The first-order chi connectivity index (χ1) is 6.93. The highest BCUT2D eigenvalue weighted by molar-refractivity contribution is 6.46. The normalized spacial score (nSPS) is 18.2. The van der Waals surface area contributed by atoms with Gasteiger partial charge in [0.05, 0.1) is 0 Å². The van der Waals surface area contributed by atoms with Crippen LogP contribution >= 0.6 is 0 Å². The Bertz CT molecular complexity index is 140. The molecule has 0 aromatic rings. The number of piperidine rings is 1. The zero-order chi connectivity index (χ0) is 11.7. The molecule has 1 fully saturated rings. The van der Waals surface area contributed by atoms with Crippen molar-refractivity contribution in [1.29, 1.82) is 0 Å². The van der Waals surface area contributed by atoms with Gasteiger partial charge < -0.3 is 24.1 Å². The largest absolute Gasteiger partial charge is 0.668 e. The summed E-state index contributed by atoms with van der Waals surface area (Å²) in [5.74, 6) is 0. The number of nitrogens with zero attached hydrogens (tertiary/aromatic N) is 1. The van der Waals surface area contributed by atoms with E-state index in [4.69, 9.17) is 19.2 Å². The van der Waals surface area contributed by atoms with Crippen molar-refractivity contribution in [2.75, 3.05) is 19.6 Å². The van der Waals surface area contributed by atoms with E-state index in [0.717, 1.165) is 0 Å². The molecule has 1 heterocycles. The van der Waals surface area contributed by atoms with Gasteiger partial charge in [-0.3, -0.25) is 0 Å². The van der Waals surface area contributed by atoms with Crippen LogP contribution in [0.3, 0.4) is 0 Å². The third kappa shape index (κ3) is 14.0. The molecule has 6 heteroatoms. The first-order valence-electron chi connectivity index (χ1n) is 5.55. The van der Waals surface area contributed by atoms with E-state index in [1.54, 1.807) is 0 Å². The molecule has 0 spiro atoms. The van der Waals surface area contributed by atoms with Crippen LogP contribution in [0.5, 0.6) is 0 Å². The highest BCUT2D eigenvalue weighted by atomic mass is 28.4. The molecule has 1 rings (SSSR count). The van der Waals surface area contributed by atoms with Crippen LogP contribution in [0.4, 0.5) is 0 Å². The molecule has 0 unspecified atom stereocenters. The summed E-state index contributed by atoms with van der Waals surface area (Å²) in [4.78, 5) is 31.9. The van der Waals surface area contributed by atoms with E-state index < -0.39 is 9.05 Å². The first kappa shape index (κ1) is 15.0. The van der Waals surface area contributed by atoms with E-state index in [2.05, 4.69) is 11.8 Å². The number of hydrogen-bond acceptors (Lipinski definition) is 5. The Balaban J connectivity index is 0.000000336. The fourth-order valence-electron chi connectivity index (χ4n) is 1.56. The molecule has 4 N–H and O–H groups in total. The second kappa shape index (κ2) is 8.20. The zero-order valence-corrected chi connectivity index (χ0v) is 10.4. The number of unbranched alkanes of at least 4 members (excludes halogenated alkanes) is 1. The van der Waals surface area contributed by atoms with Crippen LogP contribution in [0.25, 0.3) is 0 Å².